The molecule has 1 heterocycles. The molecule has 2 N–H and O–H groups in total. The quantitative estimate of drug-likeness (QED) is 0.758. The molecule has 14 heavy (non-hydrogen) atoms. The van der Waals surface area contributed by atoms with Crippen molar-refractivity contribution in [3.8, 4) is 0 Å². The fraction of sp³-hybridized carbons (Fsp3) is 0.273. The van der Waals surface area contributed by atoms with E-state index in [9.17, 15) is 0 Å². The van der Waals surface area contributed by atoms with Crippen molar-refractivity contribution in [2.75, 3.05) is 12.3 Å². The van der Waals surface area contributed by atoms with Gasteiger partial charge in [-0.3, -0.25) is 0 Å². The molecule has 0 unspecified atom stereocenters. The molecular weight excluding hydrogens is 178 g/mol. The second-order valence-corrected chi connectivity index (χ2v) is 3.12. The number of ether oxygens (including phenoxy) is 1. The lowest BCUT2D eigenvalue weighted by molar-refractivity contribution is 0.134. The van der Waals surface area contributed by atoms with Crippen LogP contribution in [0.15, 0.2) is 28.9 Å². The largest absolute Gasteiger partial charge is 0.462 e. The number of nitrogens with two attached hydrogens (primary N) is 1. The molecule has 0 fully saturated rings. The van der Waals surface area contributed by atoms with E-state index in [1.54, 1.807) is 6.26 Å². The number of para-hydroxylation sites is 1. The van der Waals surface area contributed by atoms with Crippen LogP contribution in [0.25, 0.3) is 11.0 Å². The summed E-state index contributed by atoms with van der Waals surface area (Å²) >= 11 is 0. The number of fused-ring (bicyclic) bond motifs is 1. The molecule has 2 rings (SSSR count). The molecule has 2 aromatic rings. The lowest BCUT2D eigenvalue weighted by Crippen LogP contribution is -1.90. The van der Waals surface area contributed by atoms with Crippen LogP contribution in [0.3, 0.4) is 0 Å². The van der Waals surface area contributed by atoms with Crippen LogP contribution >= 0.6 is 0 Å². The number of anilines is 1. The van der Waals surface area contributed by atoms with Gasteiger partial charge in [0.25, 0.3) is 0 Å². The zero-order valence-corrected chi connectivity index (χ0v) is 8.12. The summed E-state index contributed by atoms with van der Waals surface area (Å²) in [4.78, 5) is 0. The van der Waals surface area contributed by atoms with E-state index in [4.69, 9.17) is 14.9 Å². The van der Waals surface area contributed by atoms with Crippen LogP contribution in [0.1, 0.15) is 12.5 Å². The Hall–Kier alpha value is -1.48. The number of hydrogen-bond donors (Lipinski definition) is 1. The van der Waals surface area contributed by atoms with E-state index in [1.165, 1.54) is 0 Å². The van der Waals surface area contributed by atoms with Crippen molar-refractivity contribution in [1.29, 1.82) is 0 Å². The minimum atomic E-state index is 0.576. The Kier molecular flexibility index (Phi) is 2.41. The first-order valence-corrected chi connectivity index (χ1v) is 4.65. The third kappa shape index (κ3) is 1.46. The highest BCUT2D eigenvalue weighted by atomic mass is 16.5. The highest BCUT2D eigenvalue weighted by Gasteiger charge is 2.07. The number of furan rings is 1. The highest BCUT2D eigenvalue weighted by molar-refractivity contribution is 5.90. The summed E-state index contributed by atoms with van der Waals surface area (Å²) in [5, 5.41) is 1.04. The molecular formula is C11H13NO2. The smallest absolute Gasteiger partial charge is 0.157 e. The standard InChI is InChI=1S/C11H13NO2/c1-2-13-6-8-7-14-11-9(8)4-3-5-10(11)12/h3-5,7H,2,6,12H2,1H3. The van der Waals surface area contributed by atoms with Crippen LogP contribution in [-0.4, -0.2) is 6.61 Å². The predicted octanol–water partition coefficient (Wildman–Crippen LogP) is 2.55. The molecule has 1 aromatic heterocycles. The molecule has 0 saturated heterocycles. The number of rotatable bonds is 3. The molecule has 0 saturated carbocycles. The molecule has 0 aliphatic heterocycles. The second-order valence-electron chi connectivity index (χ2n) is 3.12. The van der Waals surface area contributed by atoms with E-state index in [2.05, 4.69) is 0 Å². The highest BCUT2D eigenvalue weighted by Crippen LogP contribution is 2.26. The third-order valence-corrected chi connectivity index (χ3v) is 2.17. The van der Waals surface area contributed by atoms with Gasteiger partial charge in [0.1, 0.15) is 0 Å². The van der Waals surface area contributed by atoms with Crippen molar-refractivity contribution in [2.45, 2.75) is 13.5 Å². The Morgan fingerprint density at radius 2 is 2.29 bits per heavy atom. The van der Waals surface area contributed by atoms with E-state index in [0.29, 0.717) is 18.9 Å². The van der Waals surface area contributed by atoms with Crippen LogP contribution in [0.4, 0.5) is 5.69 Å². The third-order valence-electron chi connectivity index (χ3n) is 2.17. The SMILES string of the molecule is CCOCc1coc2c(N)cccc12. The van der Waals surface area contributed by atoms with Crippen molar-refractivity contribution in [3.63, 3.8) is 0 Å². The van der Waals surface area contributed by atoms with Gasteiger partial charge in [-0.05, 0) is 13.0 Å². The first kappa shape index (κ1) is 9.09. The lowest BCUT2D eigenvalue weighted by atomic mass is 10.1. The van der Waals surface area contributed by atoms with Crippen molar-refractivity contribution >= 4 is 16.7 Å². The van der Waals surface area contributed by atoms with E-state index >= 15 is 0 Å². The molecule has 3 heteroatoms. The summed E-state index contributed by atoms with van der Waals surface area (Å²) in [5.74, 6) is 0. The van der Waals surface area contributed by atoms with Gasteiger partial charge in [0.2, 0.25) is 0 Å². The van der Waals surface area contributed by atoms with Gasteiger partial charge in [0.05, 0.1) is 18.6 Å². The number of hydrogen-bond acceptors (Lipinski definition) is 3. The van der Waals surface area contributed by atoms with Crippen LogP contribution in [0.5, 0.6) is 0 Å². The average molecular weight is 191 g/mol. The first-order valence-electron chi connectivity index (χ1n) is 4.65. The average Bonchev–Trinajstić information content (AvgIpc) is 2.60. The van der Waals surface area contributed by atoms with Gasteiger partial charge in [-0.2, -0.15) is 0 Å². The first-order chi connectivity index (χ1) is 6.83. The van der Waals surface area contributed by atoms with Crippen molar-refractivity contribution in [2.24, 2.45) is 0 Å². The Morgan fingerprint density at radius 3 is 3.07 bits per heavy atom. The summed E-state index contributed by atoms with van der Waals surface area (Å²) < 4.78 is 10.7. The van der Waals surface area contributed by atoms with Gasteiger partial charge < -0.3 is 14.9 Å². The van der Waals surface area contributed by atoms with Gasteiger partial charge in [0.15, 0.2) is 5.58 Å². The zero-order valence-electron chi connectivity index (χ0n) is 8.12. The molecule has 0 spiro atoms. The molecule has 0 amide bonds. The summed E-state index contributed by atoms with van der Waals surface area (Å²) in [7, 11) is 0. The van der Waals surface area contributed by atoms with E-state index in [1.807, 2.05) is 25.1 Å². The maximum atomic E-state index is 5.76. The van der Waals surface area contributed by atoms with E-state index in [-0.39, 0.29) is 0 Å². The Bertz CT molecular complexity index is 434. The van der Waals surface area contributed by atoms with Gasteiger partial charge >= 0.3 is 0 Å². The van der Waals surface area contributed by atoms with Crippen molar-refractivity contribution in [1.82, 2.24) is 0 Å². The van der Waals surface area contributed by atoms with Crippen LogP contribution in [0, 0.1) is 0 Å². The molecule has 0 aliphatic rings. The van der Waals surface area contributed by atoms with Crippen LogP contribution in [0.2, 0.25) is 0 Å². The zero-order chi connectivity index (χ0) is 9.97. The number of benzene rings is 1. The van der Waals surface area contributed by atoms with Gasteiger partial charge in [0, 0.05) is 17.6 Å². The molecule has 74 valence electrons. The van der Waals surface area contributed by atoms with Crippen LogP contribution in [-0.2, 0) is 11.3 Å². The molecule has 0 bridgehead atoms. The lowest BCUT2D eigenvalue weighted by Gasteiger charge is -1.98. The maximum Gasteiger partial charge on any atom is 0.157 e. The Morgan fingerprint density at radius 1 is 1.43 bits per heavy atom. The summed E-state index contributed by atoms with van der Waals surface area (Å²) in [6, 6.07) is 5.74. The van der Waals surface area contributed by atoms with Crippen molar-refractivity contribution in [3.05, 3.63) is 30.0 Å². The fourth-order valence-corrected chi connectivity index (χ4v) is 1.46. The minimum absolute atomic E-state index is 0.576. The van der Waals surface area contributed by atoms with E-state index < -0.39 is 0 Å². The topological polar surface area (TPSA) is 48.4 Å². The maximum absolute atomic E-state index is 5.76. The monoisotopic (exact) mass is 191 g/mol. The van der Waals surface area contributed by atoms with Gasteiger partial charge in [-0.1, -0.05) is 12.1 Å². The summed E-state index contributed by atoms with van der Waals surface area (Å²) in [6.45, 7) is 3.25. The van der Waals surface area contributed by atoms with Gasteiger partial charge in [-0.25, -0.2) is 0 Å². The molecule has 0 radical (unpaired) electrons. The Balaban J connectivity index is 2.42. The summed E-state index contributed by atoms with van der Waals surface area (Å²) in [5.41, 5.74) is 8.24. The minimum Gasteiger partial charge on any atom is -0.462 e. The van der Waals surface area contributed by atoms with Crippen molar-refractivity contribution < 1.29 is 9.15 Å². The predicted molar refractivity (Wildman–Crippen MR) is 56.0 cm³/mol. The fourth-order valence-electron chi connectivity index (χ4n) is 1.46. The van der Waals surface area contributed by atoms with Crippen LogP contribution < -0.4 is 5.73 Å². The van der Waals surface area contributed by atoms with Gasteiger partial charge in [-0.15, -0.1) is 0 Å². The summed E-state index contributed by atoms with van der Waals surface area (Å²) in [6.07, 6.45) is 1.71. The normalized spacial score (nSPS) is 10.9. The molecule has 3 nitrogen and oxygen atoms in total. The van der Waals surface area contributed by atoms with E-state index in [0.717, 1.165) is 16.5 Å². The molecule has 1 aromatic carbocycles. The molecule has 0 aliphatic carbocycles. The number of nitrogen functional groups attached to an aromatic ring is 1. The Labute approximate surface area is 82.5 Å². The second kappa shape index (κ2) is 3.72. The molecule has 0 atom stereocenters.